The largest absolute Gasteiger partial charge is 0.573 e. The molecule has 0 aliphatic heterocycles. The summed E-state index contributed by atoms with van der Waals surface area (Å²) >= 11 is 0. The Bertz CT molecular complexity index is 382. The Morgan fingerprint density at radius 3 is 2.29 bits per heavy atom. The Hall–Kier alpha value is -1.56. The van der Waals surface area contributed by atoms with Gasteiger partial charge in [0.2, 0.25) is 0 Å². The minimum atomic E-state index is -4.73. The van der Waals surface area contributed by atoms with Crippen LogP contribution < -0.4 is 4.74 Å². The minimum absolute atomic E-state index is 0.0238. The average molecular weight is 248 g/mol. The molecule has 1 aromatic rings. The van der Waals surface area contributed by atoms with E-state index in [0.29, 0.717) is 5.56 Å². The first-order valence-corrected chi connectivity index (χ1v) is 4.83. The number of carbonyl (C=O) groups is 1. The van der Waals surface area contributed by atoms with Gasteiger partial charge in [-0.15, -0.1) is 13.2 Å². The molecule has 0 saturated carbocycles. The van der Waals surface area contributed by atoms with Gasteiger partial charge in [-0.1, -0.05) is 12.1 Å². The molecule has 0 amide bonds. The molecule has 0 aliphatic carbocycles. The van der Waals surface area contributed by atoms with E-state index in [9.17, 15) is 18.0 Å². The third-order valence-corrected chi connectivity index (χ3v) is 2.00. The molecule has 0 spiro atoms. The zero-order valence-corrected chi connectivity index (χ0v) is 8.99. The van der Waals surface area contributed by atoms with Crippen molar-refractivity contribution in [1.82, 2.24) is 0 Å². The maximum absolute atomic E-state index is 11.8. The number of ether oxygens (including phenoxy) is 1. The summed E-state index contributed by atoms with van der Waals surface area (Å²) in [5.74, 6) is -0.736. The Kier molecular flexibility index (Phi) is 4.11. The summed E-state index contributed by atoms with van der Waals surface area (Å²) in [4.78, 5) is 11.2. The van der Waals surface area contributed by atoms with Crippen molar-refractivity contribution in [2.75, 3.05) is 0 Å². The first-order chi connectivity index (χ1) is 7.78. The third kappa shape index (κ3) is 4.86. The summed E-state index contributed by atoms with van der Waals surface area (Å²) in [5.41, 5.74) is 0.519. The monoisotopic (exact) mass is 248 g/mol. The molecule has 0 radical (unpaired) electrons. The maximum atomic E-state index is 11.8. The molecule has 17 heavy (non-hydrogen) atoms. The number of alkyl halides is 3. The Balaban J connectivity index is 2.65. The molecule has 1 N–H and O–H groups in total. The number of hydrogen-bond acceptors (Lipinski definition) is 3. The van der Waals surface area contributed by atoms with Gasteiger partial charge in [0.25, 0.3) is 0 Å². The molecule has 0 aliphatic rings. The molecule has 6 heteroatoms. The summed E-state index contributed by atoms with van der Waals surface area (Å²) < 4.78 is 39.2. The first kappa shape index (κ1) is 13.5. The number of benzene rings is 1. The molecule has 0 bridgehead atoms. The van der Waals surface area contributed by atoms with E-state index < -0.39 is 18.2 Å². The van der Waals surface area contributed by atoms with Crippen molar-refractivity contribution in [3.05, 3.63) is 29.8 Å². The smallest absolute Gasteiger partial charge is 0.406 e. The summed E-state index contributed by atoms with van der Waals surface area (Å²) in [6, 6.07) is 4.94. The molecular formula is C11H11F3O3. The van der Waals surface area contributed by atoms with Gasteiger partial charge in [-0.3, -0.25) is 4.79 Å². The van der Waals surface area contributed by atoms with E-state index >= 15 is 0 Å². The lowest BCUT2D eigenvalue weighted by Gasteiger charge is -2.09. The molecule has 1 unspecified atom stereocenters. The number of Topliss-reactive ketones (excluding diaryl/α,β-unsaturated/α-hetero) is 1. The van der Waals surface area contributed by atoms with Crippen molar-refractivity contribution >= 4 is 5.78 Å². The van der Waals surface area contributed by atoms with Crippen LogP contribution in [0.15, 0.2) is 24.3 Å². The van der Waals surface area contributed by atoms with Crippen LogP contribution in [0.2, 0.25) is 0 Å². The van der Waals surface area contributed by atoms with Crippen LogP contribution in [-0.4, -0.2) is 23.4 Å². The lowest BCUT2D eigenvalue weighted by Crippen LogP contribution is -2.18. The number of halogens is 3. The van der Waals surface area contributed by atoms with Crippen molar-refractivity contribution in [1.29, 1.82) is 0 Å². The van der Waals surface area contributed by atoms with Gasteiger partial charge in [-0.25, -0.2) is 0 Å². The van der Waals surface area contributed by atoms with Gasteiger partial charge in [-0.2, -0.15) is 0 Å². The fraction of sp³-hybridized carbons (Fsp3) is 0.364. The average Bonchev–Trinajstić information content (AvgIpc) is 2.18. The van der Waals surface area contributed by atoms with Crippen molar-refractivity contribution in [2.24, 2.45) is 0 Å². The normalized spacial score (nSPS) is 13.2. The minimum Gasteiger partial charge on any atom is -0.406 e. The van der Waals surface area contributed by atoms with Gasteiger partial charge in [0.15, 0.2) is 5.78 Å². The molecule has 94 valence electrons. The predicted octanol–water partition coefficient (Wildman–Crippen LogP) is 2.08. The zero-order chi connectivity index (χ0) is 13.1. The zero-order valence-electron chi connectivity index (χ0n) is 8.99. The molecule has 1 atom stereocenters. The van der Waals surface area contributed by atoms with Crippen LogP contribution >= 0.6 is 0 Å². The number of rotatable bonds is 4. The lowest BCUT2D eigenvalue weighted by atomic mass is 10.1. The Morgan fingerprint density at radius 1 is 1.35 bits per heavy atom. The molecule has 1 rings (SSSR count). The van der Waals surface area contributed by atoms with Crippen LogP contribution in [0.3, 0.4) is 0 Å². The highest BCUT2D eigenvalue weighted by molar-refractivity contribution is 5.84. The summed E-state index contributed by atoms with van der Waals surface area (Å²) in [6.45, 7) is 1.34. The molecule has 0 aromatic heterocycles. The van der Waals surface area contributed by atoms with E-state index in [1.54, 1.807) is 0 Å². The van der Waals surface area contributed by atoms with Crippen LogP contribution in [0.1, 0.15) is 12.5 Å². The van der Waals surface area contributed by atoms with Crippen molar-refractivity contribution < 1.29 is 27.8 Å². The molecular weight excluding hydrogens is 237 g/mol. The third-order valence-electron chi connectivity index (χ3n) is 2.00. The van der Waals surface area contributed by atoms with Gasteiger partial charge >= 0.3 is 6.36 Å². The first-order valence-electron chi connectivity index (χ1n) is 4.83. The molecule has 1 aromatic carbocycles. The van der Waals surface area contributed by atoms with E-state index in [1.165, 1.54) is 19.1 Å². The van der Waals surface area contributed by atoms with E-state index in [4.69, 9.17) is 5.11 Å². The lowest BCUT2D eigenvalue weighted by molar-refractivity contribution is -0.274. The number of aliphatic hydroxyl groups is 1. The maximum Gasteiger partial charge on any atom is 0.573 e. The summed E-state index contributed by atoms with van der Waals surface area (Å²) in [7, 11) is 0. The molecule has 0 fully saturated rings. The highest BCUT2D eigenvalue weighted by Crippen LogP contribution is 2.22. The van der Waals surface area contributed by atoms with Gasteiger partial charge in [-0.05, 0) is 24.6 Å². The SMILES string of the molecule is CC(O)C(=O)Cc1ccc(OC(F)(F)F)cc1. The second-order valence-corrected chi connectivity index (χ2v) is 3.51. The number of hydrogen-bond donors (Lipinski definition) is 1. The highest BCUT2D eigenvalue weighted by atomic mass is 19.4. The molecule has 3 nitrogen and oxygen atoms in total. The standard InChI is InChI=1S/C11H11F3O3/c1-7(15)10(16)6-8-2-4-9(5-3-8)17-11(12,13)14/h2-5,7,15H,6H2,1H3. The fourth-order valence-electron chi connectivity index (χ4n) is 1.16. The van der Waals surface area contributed by atoms with Gasteiger partial charge in [0, 0.05) is 6.42 Å². The summed E-state index contributed by atoms with van der Waals surface area (Å²) in [6.07, 6.45) is -5.83. The van der Waals surface area contributed by atoms with E-state index in [2.05, 4.69) is 4.74 Å². The number of ketones is 1. The predicted molar refractivity (Wildman–Crippen MR) is 53.5 cm³/mol. The molecule has 0 heterocycles. The van der Waals surface area contributed by atoms with E-state index in [0.717, 1.165) is 12.1 Å². The fourth-order valence-corrected chi connectivity index (χ4v) is 1.16. The van der Waals surface area contributed by atoms with Crippen LogP contribution in [0.5, 0.6) is 5.75 Å². The van der Waals surface area contributed by atoms with Crippen molar-refractivity contribution in [3.8, 4) is 5.75 Å². The van der Waals surface area contributed by atoms with E-state index in [-0.39, 0.29) is 12.2 Å². The highest BCUT2D eigenvalue weighted by Gasteiger charge is 2.30. The Labute approximate surface area is 95.8 Å². The Morgan fingerprint density at radius 2 is 1.88 bits per heavy atom. The van der Waals surface area contributed by atoms with Crippen molar-refractivity contribution in [3.63, 3.8) is 0 Å². The summed E-state index contributed by atoms with van der Waals surface area (Å²) in [5, 5.41) is 8.97. The van der Waals surface area contributed by atoms with Gasteiger partial charge in [0.05, 0.1) is 0 Å². The van der Waals surface area contributed by atoms with Crippen LogP contribution in [0, 0.1) is 0 Å². The quantitative estimate of drug-likeness (QED) is 0.887. The second-order valence-electron chi connectivity index (χ2n) is 3.51. The topological polar surface area (TPSA) is 46.5 Å². The second kappa shape index (κ2) is 5.18. The van der Waals surface area contributed by atoms with Crippen LogP contribution in [0.25, 0.3) is 0 Å². The number of aliphatic hydroxyl groups excluding tert-OH is 1. The van der Waals surface area contributed by atoms with E-state index in [1.807, 2.05) is 0 Å². The van der Waals surface area contributed by atoms with Crippen LogP contribution in [0.4, 0.5) is 13.2 Å². The number of carbonyl (C=O) groups excluding carboxylic acids is 1. The van der Waals surface area contributed by atoms with Crippen molar-refractivity contribution in [2.45, 2.75) is 25.8 Å². The van der Waals surface area contributed by atoms with Gasteiger partial charge < -0.3 is 9.84 Å². The van der Waals surface area contributed by atoms with Gasteiger partial charge in [0.1, 0.15) is 11.9 Å². The van der Waals surface area contributed by atoms with Crippen LogP contribution in [-0.2, 0) is 11.2 Å². The molecule has 0 saturated heterocycles.